The van der Waals surface area contributed by atoms with Crippen LogP contribution in [-0.2, 0) is 11.8 Å². The number of hydrogen-bond acceptors (Lipinski definition) is 3. The van der Waals surface area contributed by atoms with E-state index in [0.717, 1.165) is 48.2 Å². The number of imidazole rings is 1. The van der Waals surface area contributed by atoms with Gasteiger partial charge in [-0.1, -0.05) is 18.2 Å². The smallest absolute Gasteiger partial charge is 0.247 e. The summed E-state index contributed by atoms with van der Waals surface area (Å²) in [5, 5.41) is 0. The van der Waals surface area contributed by atoms with Gasteiger partial charge < -0.3 is 9.47 Å². The second-order valence-electron chi connectivity index (χ2n) is 6.68. The molecular weight excluding hydrogens is 324 g/mol. The molecule has 3 heterocycles. The van der Waals surface area contributed by atoms with E-state index in [0.29, 0.717) is 0 Å². The van der Waals surface area contributed by atoms with E-state index in [1.54, 1.807) is 18.5 Å². The summed E-state index contributed by atoms with van der Waals surface area (Å²) in [4.78, 5) is 23.7. The number of piperidine rings is 1. The minimum atomic E-state index is 0.0206. The molecule has 0 radical (unpaired) electrons. The minimum absolute atomic E-state index is 0.0206. The summed E-state index contributed by atoms with van der Waals surface area (Å²) in [7, 11) is 2.04. The van der Waals surface area contributed by atoms with Crippen LogP contribution >= 0.6 is 0 Å². The average molecular weight is 346 g/mol. The molecule has 4 rings (SSSR count). The number of aromatic nitrogens is 3. The molecule has 1 amide bonds. The van der Waals surface area contributed by atoms with Gasteiger partial charge in [0.1, 0.15) is 5.82 Å². The highest BCUT2D eigenvalue weighted by atomic mass is 16.2. The van der Waals surface area contributed by atoms with Gasteiger partial charge in [-0.25, -0.2) is 4.98 Å². The predicted octanol–water partition coefficient (Wildman–Crippen LogP) is 3.74. The van der Waals surface area contributed by atoms with Crippen LogP contribution in [0, 0.1) is 0 Å². The lowest BCUT2D eigenvalue weighted by atomic mass is 10.0. The molecule has 0 aliphatic carbocycles. The lowest BCUT2D eigenvalue weighted by Crippen LogP contribution is -2.38. The highest BCUT2D eigenvalue weighted by molar-refractivity contribution is 5.92. The maximum absolute atomic E-state index is 12.9. The fourth-order valence-electron chi connectivity index (χ4n) is 3.66. The number of para-hydroxylation sites is 2. The number of pyridine rings is 1. The van der Waals surface area contributed by atoms with Gasteiger partial charge in [0.2, 0.25) is 5.91 Å². The van der Waals surface area contributed by atoms with Gasteiger partial charge in [0.05, 0.1) is 17.1 Å². The van der Waals surface area contributed by atoms with Crippen LogP contribution in [0.5, 0.6) is 0 Å². The summed E-state index contributed by atoms with van der Waals surface area (Å²) in [5.41, 5.74) is 3.01. The zero-order valence-corrected chi connectivity index (χ0v) is 14.9. The molecule has 5 nitrogen and oxygen atoms in total. The van der Waals surface area contributed by atoms with Crippen LogP contribution in [0.15, 0.2) is 54.9 Å². The van der Waals surface area contributed by atoms with E-state index < -0.39 is 0 Å². The molecule has 0 saturated carbocycles. The van der Waals surface area contributed by atoms with E-state index in [9.17, 15) is 4.79 Å². The lowest BCUT2D eigenvalue weighted by Gasteiger charge is -2.34. The first-order chi connectivity index (χ1) is 12.7. The van der Waals surface area contributed by atoms with Crippen molar-refractivity contribution < 1.29 is 4.79 Å². The Morgan fingerprint density at radius 3 is 2.88 bits per heavy atom. The third kappa shape index (κ3) is 3.12. The number of likely N-dealkylation sites (tertiary alicyclic amines) is 1. The van der Waals surface area contributed by atoms with Crippen molar-refractivity contribution in [2.75, 3.05) is 6.54 Å². The van der Waals surface area contributed by atoms with E-state index in [4.69, 9.17) is 4.98 Å². The van der Waals surface area contributed by atoms with E-state index in [2.05, 4.69) is 15.6 Å². The quantitative estimate of drug-likeness (QED) is 0.679. The fourth-order valence-corrected chi connectivity index (χ4v) is 3.66. The number of carbonyl (C=O) groups excluding carboxylic acids is 1. The SMILES string of the molecule is Cn1c([C@@H]2CCCCN2C(=O)/C=C/c2cccnc2)nc2ccccc21. The van der Waals surface area contributed by atoms with Crippen LogP contribution in [0.4, 0.5) is 0 Å². The first kappa shape index (κ1) is 16.5. The van der Waals surface area contributed by atoms with Crippen LogP contribution in [0.2, 0.25) is 0 Å². The summed E-state index contributed by atoms with van der Waals surface area (Å²) in [6.45, 7) is 0.768. The summed E-state index contributed by atoms with van der Waals surface area (Å²) in [6, 6.07) is 11.9. The van der Waals surface area contributed by atoms with Gasteiger partial charge in [-0.15, -0.1) is 0 Å². The zero-order chi connectivity index (χ0) is 17.9. The van der Waals surface area contributed by atoms with Crippen molar-refractivity contribution in [2.24, 2.45) is 7.05 Å². The zero-order valence-electron chi connectivity index (χ0n) is 14.9. The van der Waals surface area contributed by atoms with Crippen molar-refractivity contribution in [1.82, 2.24) is 19.4 Å². The predicted molar refractivity (Wildman–Crippen MR) is 102 cm³/mol. The molecule has 26 heavy (non-hydrogen) atoms. The highest BCUT2D eigenvalue weighted by Gasteiger charge is 2.30. The summed E-state index contributed by atoms with van der Waals surface area (Å²) >= 11 is 0. The van der Waals surface area contributed by atoms with Gasteiger partial charge >= 0.3 is 0 Å². The molecule has 1 atom stereocenters. The van der Waals surface area contributed by atoms with Crippen LogP contribution in [0.25, 0.3) is 17.1 Å². The number of aryl methyl sites for hydroxylation is 1. The monoisotopic (exact) mass is 346 g/mol. The number of benzene rings is 1. The average Bonchev–Trinajstić information content (AvgIpc) is 3.04. The van der Waals surface area contributed by atoms with E-state index in [1.807, 2.05) is 48.4 Å². The van der Waals surface area contributed by atoms with E-state index >= 15 is 0 Å². The summed E-state index contributed by atoms with van der Waals surface area (Å²) in [5.74, 6) is 1.000. The van der Waals surface area contributed by atoms with Crippen molar-refractivity contribution in [1.29, 1.82) is 0 Å². The Hall–Kier alpha value is -2.95. The van der Waals surface area contributed by atoms with Crippen LogP contribution in [-0.4, -0.2) is 31.9 Å². The number of carbonyl (C=O) groups is 1. The van der Waals surface area contributed by atoms with Gasteiger partial charge in [-0.2, -0.15) is 0 Å². The summed E-state index contributed by atoms with van der Waals surface area (Å²) < 4.78 is 2.12. The van der Waals surface area contributed by atoms with E-state index in [1.165, 1.54) is 0 Å². The van der Waals surface area contributed by atoms with Crippen molar-refractivity contribution in [3.05, 3.63) is 66.3 Å². The Morgan fingerprint density at radius 2 is 2.08 bits per heavy atom. The second-order valence-corrected chi connectivity index (χ2v) is 6.68. The Labute approximate surface area is 153 Å². The van der Waals surface area contributed by atoms with Gasteiger partial charge in [-0.3, -0.25) is 9.78 Å². The molecule has 1 aliphatic rings. The molecule has 0 bridgehead atoms. The molecule has 5 heteroatoms. The molecule has 0 unspecified atom stereocenters. The molecule has 0 spiro atoms. The third-order valence-corrected chi connectivity index (χ3v) is 5.01. The normalized spacial score (nSPS) is 17.9. The second kappa shape index (κ2) is 7.12. The Morgan fingerprint density at radius 1 is 1.19 bits per heavy atom. The minimum Gasteiger partial charge on any atom is -0.329 e. The molecule has 1 aliphatic heterocycles. The van der Waals surface area contributed by atoms with Crippen molar-refractivity contribution in [2.45, 2.75) is 25.3 Å². The molecule has 0 N–H and O–H groups in total. The molecule has 1 fully saturated rings. The largest absolute Gasteiger partial charge is 0.329 e. The topological polar surface area (TPSA) is 51.0 Å². The van der Waals surface area contributed by atoms with Gasteiger partial charge in [0.25, 0.3) is 0 Å². The first-order valence-corrected chi connectivity index (χ1v) is 9.04. The maximum Gasteiger partial charge on any atom is 0.247 e. The highest BCUT2D eigenvalue weighted by Crippen LogP contribution is 2.32. The third-order valence-electron chi connectivity index (χ3n) is 5.01. The van der Waals surface area contributed by atoms with E-state index in [-0.39, 0.29) is 11.9 Å². The van der Waals surface area contributed by atoms with Crippen LogP contribution in [0.3, 0.4) is 0 Å². The van der Waals surface area contributed by atoms with Crippen LogP contribution in [0.1, 0.15) is 36.7 Å². The fraction of sp³-hybridized carbons (Fsp3) is 0.286. The van der Waals surface area contributed by atoms with Crippen molar-refractivity contribution in [3.8, 4) is 0 Å². The Kier molecular flexibility index (Phi) is 4.52. The number of amides is 1. The van der Waals surface area contributed by atoms with Gasteiger partial charge in [0, 0.05) is 32.1 Å². The number of hydrogen-bond donors (Lipinski definition) is 0. The summed E-state index contributed by atoms with van der Waals surface area (Å²) in [6.07, 6.45) is 10.1. The molecule has 3 aromatic rings. The Bertz CT molecular complexity index is 945. The Balaban J connectivity index is 1.62. The molecule has 1 saturated heterocycles. The van der Waals surface area contributed by atoms with Gasteiger partial charge in [0.15, 0.2) is 0 Å². The maximum atomic E-state index is 12.9. The van der Waals surface area contributed by atoms with Gasteiger partial charge in [-0.05, 0) is 49.1 Å². The first-order valence-electron chi connectivity index (χ1n) is 9.04. The number of fused-ring (bicyclic) bond motifs is 1. The number of nitrogens with zero attached hydrogens (tertiary/aromatic N) is 4. The molecule has 2 aromatic heterocycles. The van der Waals surface area contributed by atoms with Crippen LogP contribution < -0.4 is 0 Å². The molecule has 1 aromatic carbocycles. The lowest BCUT2D eigenvalue weighted by molar-refractivity contribution is -0.129. The molecule has 132 valence electrons. The standard InChI is InChI=1S/C21H22N4O/c1-24-18-9-3-2-8-17(18)23-21(24)19-10-4-5-14-25(19)20(26)12-11-16-7-6-13-22-15-16/h2-3,6-9,11-13,15,19H,4-5,10,14H2,1H3/b12-11+/t19-/m0/s1. The number of rotatable bonds is 3. The van der Waals surface area contributed by atoms with Crippen molar-refractivity contribution in [3.63, 3.8) is 0 Å². The molecular formula is C21H22N4O. The van der Waals surface area contributed by atoms with Crippen molar-refractivity contribution >= 4 is 23.0 Å².